The zero-order valence-electron chi connectivity index (χ0n) is 10.7. The summed E-state index contributed by atoms with van der Waals surface area (Å²) in [4.78, 5) is 22.3. The van der Waals surface area contributed by atoms with Crippen LogP contribution in [0.4, 0.5) is 4.79 Å². The maximum atomic E-state index is 11.5. The van der Waals surface area contributed by atoms with Crippen molar-refractivity contribution in [3.05, 3.63) is 35.4 Å². The van der Waals surface area contributed by atoms with Crippen molar-refractivity contribution in [1.29, 1.82) is 5.26 Å². The Morgan fingerprint density at radius 2 is 1.95 bits per heavy atom. The molecule has 2 amide bonds. The van der Waals surface area contributed by atoms with Crippen molar-refractivity contribution in [2.45, 2.75) is 19.0 Å². The second-order valence-corrected chi connectivity index (χ2v) is 4.04. The van der Waals surface area contributed by atoms with Crippen LogP contribution in [-0.4, -0.2) is 34.9 Å². The lowest BCUT2D eigenvalue weighted by atomic mass is 10.1. The van der Waals surface area contributed by atoms with Gasteiger partial charge < -0.3 is 20.8 Å². The number of amides is 2. The fraction of sp³-hybridized carbons (Fsp3) is 0.308. The van der Waals surface area contributed by atoms with Gasteiger partial charge in [0.1, 0.15) is 6.04 Å². The smallest absolute Gasteiger partial charge is 0.326 e. The van der Waals surface area contributed by atoms with Crippen LogP contribution in [0.3, 0.4) is 0 Å². The van der Waals surface area contributed by atoms with Crippen LogP contribution in [0, 0.1) is 11.3 Å². The molecule has 1 aromatic rings. The highest BCUT2D eigenvalue weighted by Crippen LogP contribution is 2.02. The quantitative estimate of drug-likeness (QED) is 0.591. The van der Waals surface area contributed by atoms with Gasteiger partial charge in [0.15, 0.2) is 0 Å². The molecule has 0 saturated heterocycles. The molecular formula is C13H15N3O4. The number of rotatable bonds is 6. The van der Waals surface area contributed by atoms with Crippen molar-refractivity contribution in [1.82, 2.24) is 10.6 Å². The number of carbonyl (C=O) groups excluding carboxylic acids is 1. The molecule has 0 radical (unpaired) electrons. The monoisotopic (exact) mass is 277 g/mol. The average molecular weight is 277 g/mol. The number of aliphatic hydroxyl groups is 1. The Bertz CT molecular complexity index is 507. The molecule has 1 atom stereocenters. The van der Waals surface area contributed by atoms with Gasteiger partial charge in [-0.05, 0) is 17.7 Å². The average Bonchev–Trinajstić information content (AvgIpc) is 2.45. The molecule has 7 nitrogen and oxygen atoms in total. The summed E-state index contributed by atoms with van der Waals surface area (Å²) in [5, 5.41) is 30.9. The van der Waals surface area contributed by atoms with E-state index < -0.39 is 18.0 Å². The second kappa shape index (κ2) is 7.76. The van der Waals surface area contributed by atoms with E-state index in [-0.39, 0.29) is 19.6 Å². The van der Waals surface area contributed by atoms with Crippen molar-refractivity contribution in [3.8, 4) is 6.07 Å². The normalized spacial score (nSPS) is 11.2. The molecule has 0 aliphatic carbocycles. The van der Waals surface area contributed by atoms with Gasteiger partial charge in [-0.1, -0.05) is 12.1 Å². The van der Waals surface area contributed by atoms with Crippen LogP contribution in [0.5, 0.6) is 0 Å². The lowest BCUT2D eigenvalue weighted by molar-refractivity contribution is -0.139. The fourth-order valence-corrected chi connectivity index (χ4v) is 1.48. The van der Waals surface area contributed by atoms with E-state index in [9.17, 15) is 9.59 Å². The van der Waals surface area contributed by atoms with Crippen LogP contribution >= 0.6 is 0 Å². The molecule has 7 heteroatoms. The Balaban J connectivity index is 2.46. The SMILES string of the molecule is N#Cc1ccc(CNC(=O)N[C@@H](CCO)C(=O)O)cc1. The first-order chi connectivity index (χ1) is 9.56. The molecule has 0 aromatic heterocycles. The molecule has 1 aromatic carbocycles. The number of benzene rings is 1. The third-order valence-corrected chi connectivity index (χ3v) is 2.56. The third kappa shape index (κ3) is 4.96. The lowest BCUT2D eigenvalue weighted by Crippen LogP contribution is -2.46. The summed E-state index contributed by atoms with van der Waals surface area (Å²) in [5.41, 5.74) is 1.31. The summed E-state index contributed by atoms with van der Waals surface area (Å²) in [7, 11) is 0. The van der Waals surface area contributed by atoms with E-state index in [1.54, 1.807) is 24.3 Å². The number of aliphatic carboxylic acids is 1. The molecule has 0 aliphatic rings. The van der Waals surface area contributed by atoms with Gasteiger partial charge in [-0.2, -0.15) is 5.26 Å². The van der Waals surface area contributed by atoms with Crippen molar-refractivity contribution in [2.75, 3.05) is 6.61 Å². The Hall–Kier alpha value is -2.59. The molecule has 1 rings (SSSR count). The molecule has 0 spiro atoms. The highest BCUT2D eigenvalue weighted by molar-refractivity contribution is 5.82. The van der Waals surface area contributed by atoms with Crippen molar-refractivity contribution in [2.24, 2.45) is 0 Å². The maximum absolute atomic E-state index is 11.5. The minimum Gasteiger partial charge on any atom is -0.480 e. The van der Waals surface area contributed by atoms with E-state index in [0.29, 0.717) is 5.56 Å². The number of hydrogen-bond acceptors (Lipinski definition) is 4. The van der Waals surface area contributed by atoms with Gasteiger partial charge in [0.05, 0.1) is 11.6 Å². The number of carbonyl (C=O) groups is 2. The minimum absolute atomic E-state index is 0.0559. The number of aliphatic hydroxyl groups excluding tert-OH is 1. The highest BCUT2D eigenvalue weighted by Gasteiger charge is 2.18. The number of hydrogen-bond donors (Lipinski definition) is 4. The van der Waals surface area contributed by atoms with Crippen LogP contribution in [-0.2, 0) is 11.3 Å². The Kier molecular flexibility index (Phi) is 6.00. The number of carboxylic acid groups (broad SMARTS) is 1. The summed E-state index contributed by atoms with van der Waals surface area (Å²) in [6, 6.07) is 6.87. The maximum Gasteiger partial charge on any atom is 0.326 e. The van der Waals surface area contributed by atoms with Crippen LogP contribution in [0.1, 0.15) is 17.5 Å². The number of nitriles is 1. The zero-order chi connectivity index (χ0) is 15.0. The van der Waals surface area contributed by atoms with E-state index >= 15 is 0 Å². The second-order valence-electron chi connectivity index (χ2n) is 4.04. The zero-order valence-corrected chi connectivity index (χ0v) is 10.7. The van der Waals surface area contributed by atoms with Crippen LogP contribution in [0.2, 0.25) is 0 Å². The van der Waals surface area contributed by atoms with Gasteiger partial charge in [0.25, 0.3) is 0 Å². The molecular weight excluding hydrogens is 262 g/mol. The van der Waals surface area contributed by atoms with E-state index in [0.717, 1.165) is 5.56 Å². The molecule has 0 bridgehead atoms. The molecule has 0 fully saturated rings. The first-order valence-electron chi connectivity index (χ1n) is 5.94. The van der Waals surface area contributed by atoms with E-state index in [1.165, 1.54) is 0 Å². The van der Waals surface area contributed by atoms with Gasteiger partial charge in [-0.15, -0.1) is 0 Å². The largest absolute Gasteiger partial charge is 0.480 e. The van der Waals surface area contributed by atoms with E-state index in [1.807, 2.05) is 6.07 Å². The van der Waals surface area contributed by atoms with Gasteiger partial charge in [0, 0.05) is 19.6 Å². The summed E-state index contributed by atoms with van der Waals surface area (Å²) >= 11 is 0. The molecule has 20 heavy (non-hydrogen) atoms. The van der Waals surface area contributed by atoms with Crippen LogP contribution in [0.25, 0.3) is 0 Å². The lowest BCUT2D eigenvalue weighted by Gasteiger charge is -2.14. The van der Waals surface area contributed by atoms with Crippen molar-refractivity contribution >= 4 is 12.0 Å². The van der Waals surface area contributed by atoms with Crippen LogP contribution < -0.4 is 10.6 Å². The highest BCUT2D eigenvalue weighted by atomic mass is 16.4. The number of urea groups is 1. The van der Waals surface area contributed by atoms with Gasteiger partial charge in [-0.3, -0.25) is 0 Å². The first-order valence-corrected chi connectivity index (χ1v) is 5.94. The van der Waals surface area contributed by atoms with E-state index in [4.69, 9.17) is 15.5 Å². The van der Waals surface area contributed by atoms with Gasteiger partial charge >= 0.3 is 12.0 Å². The van der Waals surface area contributed by atoms with Crippen LogP contribution in [0.15, 0.2) is 24.3 Å². The molecule has 0 heterocycles. The molecule has 0 unspecified atom stereocenters. The summed E-state index contributed by atoms with van der Waals surface area (Å²) in [6.45, 7) is -0.115. The summed E-state index contributed by atoms with van der Waals surface area (Å²) in [6.07, 6.45) is -0.0559. The number of nitrogens with one attached hydrogen (secondary N) is 2. The van der Waals surface area contributed by atoms with Crippen molar-refractivity contribution < 1.29 is 19.8 Å². The molecule has 0 aliphatic heterocycles. The van der Waals surface area contributed by atoms with Crippen molar-refractivity contribution in [3.63, 3.8) is 0 Å². The standard InChI is InChI=1S/C13H15N3O4/c14-7-9-1-3-10(4-2-9)8-15-13(20)16-11(5-6-17)12(18)19/h1-4,11,17H,5-6,8H2,(H,18,19)(H2,15,16,20)/t11-/m0/s1. The van der Waals surface area contributed by atoms with Gasteiger partial charge in [0.2, 0.25) is 0 Å². The Morgan fingerprint density at radius 1 is 1.30 bits per heavy atom. The minimum atomic E-state index is -1.20. The third-order valence-electron chi connectivity index (χ3n) is 2.56. The molecule has 106 valence electrons. The predicted molar refractivity (Wildman–Crippen MR) is 69.7 cm³/mol. The summed E-state index contributed by atoms with van der Waals surface area (Å²) in [5.74, 6) is -1.20. The Morgan fingerprint density at radius 3 is 2.45 bits per heavy atom. The predicted octanol–water partition coefficient (Wildman–Crippen LogP) is 0.193. The van der Waals surface area contributed by atoms with E-state index in [2.05, 4.69) is 10.6 Å². The van der Waals surface area contributed by atoms with Gasteiger partial charge in [-0.25, -0.2) is 9.59 Å². The number of carboxylic acids is 1. The summed E-state index contributed by atoms with van der Waals surface area (Å²) < 4.78 is 0. The first kappa shape index (κ1) is 15.5. The molecule has 4 N–H and O–H groups in total. The number of nitrogens with zero attached hydrogens (tertiary/aromatic N) is 1. The topological polar surface area (TPSA) is 122 Å². The Labute approximate surface area is 115 Å². The molecule has 0 saturated carbocycles. The fourth-order valence-electron chi connectivity index (χ4n) is 1.48.